The van der Waals surface area contributed by atoms with E-state index >= 15 is 0 Å². The van der Waals surface area contributed by atoms with Crippen LogP contribution in [0.4, 0.5) is 0 Å². The standard InChI is InChI=1S/C14H10Br2O3/c15-10-3-1-2-9(6-10)8-19-14(18)12-7-11(16)4-5-13(12)17/h1-7,17H,8H2. The molecular weight excluding hydrogens is 376 g/mol. The number of hydrogen-bond donors (Lipinski definition) is 1. The molecule has 3 nitrogen and oxygen atoms in total. The first kappa shape index (κ1) is 14.1. The van der Waals surface area contributed by atoms with Crippen molar-refractivity contribution in [2.75, 3.05) is 0 Å². The summed E-state index contributed by atoms with van der Waals surface area (Å²) in [6.07, 6.45) is 0. The number of hydrogen-bond acceptors (Lipinski definition) is 3. The van der Waals surface area contributed by atoms with Gasteiger partial charge in [-0.1, -0.05) is 44.0 Å². The van der Waals surface area contributed by atoms with E-state index in [9.17, 15) is 9.90 Å². The van der Waals surface area contributed by atoms with Crippen molar-refractivity contribution in [2.24, 2.45) is 0 Å². The van der Waals surface area contributed by atoms with Crippen molar-refractivity contribution in [2.45, 2.75) is 6.61 Å². The second-order valence-electron chi connectivity index (χ2n) is 3.87. The van der Waals surface area contributed by atoms with Crippen LogP contribution < -0.4 is 0 Å². The van der Waals surface area contributed by atoms with Crippen LogP contribution in [-0.2, 0) is 11.3 Å². The van der Waals surface area contributed by atoms with Gasteiger partial charge in [-0.05, 0) is 35.9 Å². The largest absolute Gasteiger partial charge is 0.507 e. The highest BCUT2D eigenvalue weighted by molar-refractivity contribution is 9.10. The summed E-state index contributed by atoms with van der Waals surface area (Å²) in [5.41, 5.74) is 1.02. The molecule has 1 N–H and O–H groups in total. The minimum absolute atomic E-state index is 0.0950. The Balaban J connectivity index is 2.07. The van der Waals surface area contributed by atoms with Gasteiger partial charge in [0.15, 0.2) is 0 Å². The minimum atomic E-state index is -0.557. The monoisotopic (exact) mass is 384 g/mol. The molecule has 0 atom stereocenters. The summed E-state index contributed by atoms with van der Waals surface area (Å²) in [7, 11) is 0. The molecule has 0 bridgehead atoms. The number of phenolic OH excluding ortho intramolecular Hbond substituents is 1. The van der Waals surface area contributed by atoms with Gasteiger partial charge in [0.05, 0.1) is 0 Å². The molecule has 0 fully saturated rings. The van der Waals surface area contributed by atoms with Crippen LogP contribution in [0, 0.1) is 0 Å². The van der Waals surface area contributed by atoms with E-state index in [4.69, 9.17) is 4.74 Å². The van der Waals surface area contributed by atoms with E-state index in [1.807, 2.05) is 24.3 Å². The quantitative estimate of drug-likeness (QED) is 0.802. The normalized spacial score (nSPS) is 10.2. The molecule has 0 spiro atoms. The maximum absolute atomic E-state index is 11.9. The van der Waals surface area contributed by atoms with Gasteiger partial charge in [0.1, 0.15) is 17.9 Å². The molecular formula is C14H10Br2O3. The Morgan fingerprint density at radius 1 is 1.11 bits per heavy atom. The van der Waals surface area contributed by atoms with Gasteiger partial charge in [0.25, 0.3) is 0 Å². The number of rotatable bonds is 3. The lowest BCUT2D eigenvalue weighted by atomic mass is 10.2. The second-order valence-corrected chi connectivity index (χ2v) is 5.70. The van der Waals surface area contributed by atoms with Gasteiger partial charge < -0.3 is 9.84 Å². The molecule has 0 aliphatic heterocycles. The molecule has 0 unspecified atom stereocenters. The number of aromatic hydroxyl groups is 1. The van der Waals surface area contributed by atoms with Crippen LogP contribution in [0.2, 0.25) is 0 Å². The number of esters is 1. The average molecular weight is 386 g/mol. The summed E-state index contributed by atoms with van der Waals surface area (Å²) in [5.74, 6) is -0.652. The molecule has 19 heavy (non-hydrogen) atoms. The van der Waals surface area contributed by atoms with Crippen molar-refractivity contribution in [3.63, 3.8) is 0 Å². The van der Waals surface area contributed by atoms with Crippen molar-refractivity contribution in [1.82, 2.24) is 0 Å². The van der Waals surface area contributed by atoms with Crippen molar-refractivity contribution >= 4 is 37.8 Å². The first-order valence-corrected chi connectivity index (χ1v) is 7.05. The van der Waals surface area contributed by atoms with Crippen molar-refractivity contribution in [3.05, 3.63) is 62.5 Å². The maximum Gasteiger partial charge on any atom is 0.342 e. The lowest BCUT2D eigenvalue weighted by Gasteiger charge is -2.07. The predicted octanol–water partition coefficient (Wildman–Crippen LogP) is 4.27. The van der Waals surface area contributed by atoms with Gasteiger partial charge in [-0.15, -0.1) is 0 Å². The van der Waals surface area contributed by atoms with Crippen molar-refractivity contribution < 1.29 is 14.6 Å². The lowest BCUT2D eigenvalue weighted by molar-refractivity contribution is 0.0469. The van der Waals surface area contributed by atoms with E-state index in [0.29, 0.717) is 4.47 Å². The van der Waals surface area contributed by atoms with E-state index in [0.717, 1.165) is 10.0 Å². The molecule has 2 rings (SSSR count). The second kappa shape index (κ2) is 6.21. The Morgan fingerprint density at radius 3 is 2.58 bits per heavy atom. The molecule has 0 aliphatic carbocycles. The first-order chi connectivity index (χ1) is 9.06. The van der Waals surface area contributed by atoms with Gasteiger partial charge in [-0.3, -0.25) is 0 Å². The predicted molar refractivity (Wildman–Crippen MR) is 79.1 cm³/mol. The summed E-state index contributed by atoms with van der Waals surface area (Å²) in [5, 5.41) is 9.62. The molecule has 0 radical (unpaired) electrons. The van der Waals surface area contributed by atoms with E-state index in [-0.39, 0.29) is 17.9 Å². The molecule has 0 aromatic heterocycles. The number of phenols is 1. The van der Waals surface area contributed by atoms with Gasteiger partial charge in [-0.25, -0.2) is 4.79 Å². The minimum Gasteiger partial charge on any atom is -0.507 e. The molecule has 5 heteroatoms. The average Bonchev–Trinajstić information content (AvgIpc) is 2.39. The Morgan fingerprint density at radius 2 is 1.84 bits per heavy atom. The lowest BCUT2D eigenvalue weighted by Crippen LogP contribution is -2.05. The number of carbonyl (C=O) groups excluding carboxylic acids is 1. The molecule has 0 aliphatic rings. The Kier molecular flexibility index (Phi) is 4.61. The van der Waals surface area contributed by atoms with Crippen LogP contribution in [-0.4, -0.2) is 11.1 Å². The number of halogens is 2. The van der Waals surface area contributed by atoms with Crippen LogP contribution in [0.15, 0.2) is 51.4 Å². The van der Waals surface area contributed by atoms with Gasteiger partial charge in [0.2, 0.25) is 0 Å². The zero-order valence-corrected chi connectivity index (χ0v) is 12.9. The topological polar surface area (TPSA) is 46.5 Å². The summed E-state index contributed by atoms with van der Waals surface area (Å²) >= 11 is 6.59. The van der Waals surface area contributed by atoms with Crippen LogP contribution in [0.5, 0.6) is 5.75 Å². The summed E-state index contributed by atoms with van der Waals surface area (Å²) in [4.78, 5) is 11.9. The molecule has 98 valence electrons. The first-order valence-electron chi connectivity index (χ1n) is 5.46. The summed E-state index contributed by atoms with van der Waals surface area (Å²) in [6, 6.07) is 12.1. The van der Waals surface area contributed by atoms with Crippen LogP contribution in [0.1, 0.15) is 15.9 Å². The van der Waals surface area contributed by atoms with E-state index in [2.05, 4.69) is 31.9 Å². The number of ether oxygens (including phenoxy) is 1. The Bertz CT molecular complexity index is 611. The van der Waals surface area contributed by atoms with E-state index in [1.54, 1.807) is 6.07 Å². The number of carbonyl (C=O) groups is 1. The fraction of sp³-hybridized carbons (Fsp3) is 0.0714. The Labute approximate surface area is 127 Å². The van der Waals surface area contributed by atoms with Crippen molar-refractivity contribution in [3.8, 4) is 5.75 Å². The van der Waals surface area contributed by atoms with Crippen LogP contribution >= 0.6 is 31.9 Å². The fourth-order valence-electron chi connectivity index (χ4n) is 1.53. The molecule has 0 saturated carbocycles. The highest BCUT2D eigenvalue weighted by Gasteiger charge is 2.13. The Hall–Kier alpha value is -1.33. The molecule has 0 amide bonds. The van der Waals surface area contributed by atoms with E-state index in [1.165, 1.54) is 12.1 Å². The highest BCUT2D eigenvalue weighted by Crippen LogP contribution is 2.23. The van der Waals surface area contributed by atoms with E-state index < -0.39 is 5.97 Å². The van der Waals surface area contributed by atoms with Gasteiger partial charge in [0, 0.05) is 8.95 Å². The molecule has 0 heterocycles. The third-order valence-corrected chi connectivity index (χ3v) is 3.42. The maximum atomic E-state index is 11.9. The third-order valence-electron chi connectivity index (χ3n) is 2.44. The SMILES string of the molecule is O=C(OCc1cccc(Br)c1)c1cc(Br)ccc1O. The summed E-state index contributed by atoms with van der Waals surface area (Å²) in [6.45, 7) is 0.157. The molecule has 0 saturated heterocycles. The number of benzene rings is 2. The highest BCUT2D eigenvalue weighted by atomic mass is 79.9. The summed E-state index contributed by atoms with van der Waals surface area (Å²) < 4.78 is 6.79. The zero-order valence-electron chi connectivity index (χ0n) is 9.77. The van der Waals surface area contributed by atoms with Gasteiger partial charge in [-0.2, -0.15) is 0 Å². The third kappa shape index (κ3) is 3.81. The van der Waals surface area contributed by atoms with Crippen LogP contribution in [0.25, 0.3) is 0 Å². The zero-order chi connectivity index (χ0) is 13.8. The smallest absolute Gasteiger partial charge is 0.342 e. The fourth-order valence-corrected chi connectivity index (χ4v) is 2.33. The molecule has 2 aromatic rings. The van der Waals surface area contributed by atoms with Crippen LogP contribution in [0.3, 0.4) is 0 Å². The van der Waals surface area contributed by atoms with Crippen molar-refractivity contribution in [1.29, 1.82) is 0 Å². The molecule has 2 aromatic carbocycles. The van der Waals surface area contributed by atoms with Gasteiger partial charge >= 0.3 is 5.97 Å².